The van der Waals surface area contributed by atoms with Gasteiger partial charge in [0, 0.05) is 18.2 Å². The molecule has 4 rings (SSSR count). The van der Waals surface area contributed by atoms with Crippen LogP contribution in [0.4, 0.5) is 11.4 Å². The molecule has 0 radical (unpaired) electrons. The van der Waals surface area contributed by atoms with E-state index in [1.807, 2.05) is 30.3 Å². The standard InChI is InChI=1S/C23H20N2O4/c26-22(13-10-16-6-2-1-3-7-16)25-19-9-5-4-8-18(19)23(27)24-17-11-12-20-21(14-17)29-15-28-20/h1-9,11-12,14H,10,13,15H2,(H,24,27)(H,25,26). The first-order valence-corrected chi connectivity index (χ1v) is 9.33. The van der Waals surface area contributed by atoms with Crippen LogP contribution in [0.1, 0.15) is 22.3 Å². The Morgan fingerprint density at radius 2 is 1.59 bits per heavy atom. The lowest BCUT2D eigenvalue weighted by atomic mass is 10.1. The molecule has 3 aromatic carbocycles. The predicted molar refractivity (Wildman–Crippen MR) is 110 cm³/mol. The van der Waals surface area contributed by atoms with Crippen molar-refractivity contribution in [1.82, 2.24) is 0 Å². The first-order chi connectivity index (χ1) is 14.2. The van der Waals surface area contributed by atoms with Crippen molar-refractivity contribution < 1.29 is 19.1 Å². The van der Waals surface area contributed by atoms with Crippen LogP contribution in [0.3, 0.4) is 0 Å². The second-order valence-electron chi connectivity index (χ2n) is 6.60. The number of hydrogen-bond donors (Lipinski definition) is 2. The minimum absolute atomic E-state index is 0.141. The fourth-order valence-corrected chi connectivity index (χ4v) is 3.08. The quantitative estimate of drug-likeness (QED) is 0.662. The molecule has 0 fully saturated rings. The van der Waals surface area contributed by atoms with Gasteiger partial charge in [0.25, 0.3) is 5.91 Å². The van der Waals surface area contributed by atoms with Gasteiger partial charge in [0.05, 0.1) is 11.3 Å². The van der Waals surface area contributed by atoms with Crippen LogP contribution in [0.2, 0.25) is 0 Å². The van der Waals surface area contributed by atoms with Gasteiger partial charge < -0.3 is 20.1 Å². The van der Waals surface area contributed by atoms with Crippen LogP contribution >= 0.6 is 0 Å². The lowest BCUT2D eigenvalue weighted by Crippen LogP contribution is -2.18. The molecule has 2 N–H and O–H groups in total. The van der Waals surface area contributed by atoms with Crippen LogP contribution in [0.25, 0.3) is 0 Å². The zero-order valence-electron chi connectivity index (χ0n) is 15.7. The third kappa shape index (κ3) is 4.55. The van der Waals surface area contributed by atoms with Gasteiger partial charge in [-0.05, 0) is 36.2 Å². The molecule has 146 valence electrons. The second-order valence-corrected chi connectivity index (χ2v) is 6.60. The van der Waals surface area contributed by atoms with Crippen LogP contribution in [0.15, 0.2) is 72.8 Å². The van der Waals surface area contributed by atoms with Crippen molar-refractivity contribution in [2.24, 2.45) is 0 Å². The summed E-state index contributed by atoms with van der Waals surface area (Å²) in [4.78, 5) is 25.1. The summed E-state index contributed by atoms with van der Waals surface area (Å²) in [6, 6.07) is 21.9. The molecule has 1 heterocycles. The summed E-state index contributed by atoms with van der Waals surface area (Å²) in [5, 5.41) is 5.68. The third-order valence-corrected chi connectivity index (χ3v) is 4.56. The van der Waals surface area contributed by atoms with Gasteiger partial charge in [-0.25, -0.2) is 0 Å². The normalized spacial score (nSPS) is 11.7. The highest BCUT2D eigenvalue weighted by molar-refractivity contribution is 6.10. The molecule has 6 nitrogen and oxygen atoms in total. The summed E-state index contributed by atoms with van der Waals surface area (Å²) < 4.78 is 10.6. The van der Waals surface area contributed by atoms with E-state index in [0.717, 1.165) is 5.56 Å². The van der Waals surface area contributed by atoms with Crippen LogP contribution in [0, 0.1) is 0 Å². The van der Waals surface area contributed by atoms with Gasteiger partial charge in [-0.2, -0.15) is 0 Å². The van der Waals surface area contributed by atoms with E-state index in [1.165, 1.54) is 0 Å². The van der Waals surface area contributed by atoms with Gasteiger partial charge in [0.15, 0.2) is 11.5 Å². The van der Waals surface area contributed by atoms with Crippen molar-refractivity contribution in [3.63, 3.8) is 0 Å². The Bertz CT molecular complexity index is 1030. The van der Waals surface area contributed by atoms with Crippen LogP contribution in [-0.2, 0) is 11.2 Å². The smallest absolute Gasteiger partial charge is 0.257 e. The summed E-state index contributed by atoms with van der Waals surface area (Å²) in [6.07, 6.45) is 0.973. The molecule has 0 atom stereocenters. The highest BCUT2D eigenvalue weighted by atomic mass is 16.7. The van der Waals surface area contributed by atoms with Crippen molar-refractivity contribution in [2.45, 2.75) is 12.8 Å². The van der Waals surface area contributed by atoms with Crippen molar-refractivity contribution in [3.8, 4) is 11.5 Å². The summed E-state index contributed by atoms with van der Waals surface area (Å²) >= 11 is 0. The fraction of sp³-hybridized carbons (Fsp3) is 0.130. The molecule has 2 amide bonds. The lowest BCUT2D eigenvalue weighted by molar-refractivity contribution is -0.116. The largest absolute Gasteiger partial charge is 0.454 e. The number of carbonyl (C=O) groups excluding carboxylic acids is 2. The molecular formula is C23H20N2O4. The predicted octanol–water partition coefficient (Wildman–Crippen LogP) is 4.24. The summed E-state index contributed by atoms with van der Waals surface area (Å²) in [7, 11) is 0. The van der Waals surface area contributed by atoms with Crippen molar-refractivity contribution in [1.29, 1.82) is 0 Å². The summed E-state index contributed by atoms with van der Waals surface area (Å²) in [5.74, 6) is 0.777. The first-order valence-electron chi connectivity index (χ1n) is 9.33. The Labute approximate surface area is 168 Å². The van der Waals surface area contributed by atoms with Gasteiger partial charge in [-0.3, -0.25) is 9.59 Å². The average Bonchev–Trinajstić information content (AvgIpc) is 3.21. The molecule has 6 heteroatoms. The number of fused-ring (bicyclic) bond motifs is 1. The van der Waals surface area contributed by atoms with Gasteiger partial charge in [-0.1, -0.05) is 42.5 Å². The first kappa shape index (κ1) is 18.6. The number of carbonyl (C=O) groups is 2. The Morgan fingerprint density at radius 3 is 2.45 bits per heavy atom. The highest BCUT2D eigenvalue weighted by Crippen LogP contribution is 2.34. The lowest BCUT2D eigenvalue weighted by Gasteiger charge is -2.12. The van der Waals surface area contributed by atoms with E-state index in [9.17, 15) is 9.59 Å². The molecule has 0 saturated heterocycles. The summed E-state index contributed by atoms with van der Waals surface area (Å²) in [5.41, 5.74) is 2.54. The van der Waals surface area contributed by atoms with E-state index in [4.69, 9.17) is 9.47 Å². The monoisotopic (exact) mass is 388 g/mol. The molecule has 3 aromatic rings. The summed E-state index contributed by atoms with van der Waals surface area (Å²) in [6.45, 7) is 0.171. The van der Waals surface area contributed by atoms with Crippen molar-refractivity contribution >= 4 is 23.2 Å². The molecule has 29 heavy (non-hydrogen) atoms. The number of amides is 2. The van der Waals surface area contributed by atoms with E-state index in [-0.39, 0.29) is 18.6 Å². The number of aryl methyl sites for hydroxylation is 1. The Hall–Kier alpha value is -3.80. The number of benzene rings is 3. The molecule has 0 aromatic heterocycles. The van der Waals surface area contributed by atoms with E-state index >= 15 is 0 Å². The molecular weight excluding hydrogens is 368 g/mol. The van der Waals surface area contributed by atoms with E-state index in [2.05, 4.69) is 10.6 Å². The number of rotatable bonds is 6. The second kappa shape index (κ2) is 8.48. The molecule has 0 spiro atoms. The minimum Gasteiger partial charge on any atom is -0.454 e. The number of hydrogen-bond acceptors (Lipinski definition) is 4. The van der Waals surface area contributed by atoms with Crippen LogP contribution < -0.4 is 20.1 Å². The Balaban J connectivity index is 1.42. The zero-order valence-corrected chi connectivity index (χ0v) is 15.7. The molecule has 0 aliphatic carbocycles. The van der Waals surface area contributed by atoms with Crippen molar-refractivity contribution in [2.75, 3.05) is 17.4 Å². The van der Waals surface area contributed by atoms with Gasteiger partial charge in [0.1, 0.15) is 0 Å². The van der Waals surface area contributed by atoms with Gasteiger partial charge in [-0.15, -0.1) is 0 Å². The number of anilines is 2. The maximum absolute atomic E-state index is 12.8. The SMILES string of the molecule is O=C(CCc1ccccc1)Nc1ccccc1C(=O)Nc1ccc2c(c1)OCO2. The van der Waals surface area contributed by atoms with Crippen LogP contribution in [0.5, 0.6) is 11.5 Å². The third-order valence-electron chi connectivity index (χ3n) is 4.56. The zero-order chi connectivity index (χ0) is 20.1. The van der Waals surface area contributed by atoms with Gasteiger partial charge >= 0.3 is 0 Å². The highest BCUT2D eigenvalue weighted by Gasteiger charge is 2.17. The molecule has 0 saturated carbocycles. The van der Waals surface area contributed by atoms with Crippen LogP contribution in [-0.4, -0.2) is 18.6 Å². The molecule has 1 aliphatic heterocycles. The minimum atomic E-state index is -0.317. The van der Waals surface area contributed by atoms with Gasteiger partial charge in [0.2, 0.25) is 12.7 Å². The maximum atomic E-state index is 12.8. The number of nitrogens with one attached hydrogen (secondary N) is 2. The molecule has 1 aliphatic rings. The Kier molecular flexibility index (Phi) is 5.42. The topological polar surface area (TPSA) is 76.7 Å². The maximum Gasteiger partial charge on any atom is 0.257 e. The Morgan fingerprint density at radius 1 is 0.828 bits per heavy atom. The van der Waals surface area contributed by atoms with E-state index in [1.54, 1.807) is 42.5 Å². The van der Waals surface area contributed by atoms with Crippen molar-refractivity contribution in [3.05, 3.63) is 83.9 Å². The number of para-hydroxylation sites is 1. The molecule has 0 unspecified atom stereocenters. The average molecular weight is 388 g/mol. The fourth-order valence-electron chi connectivity index (χ4n) is 3.08. The van der Waals surface area contributed by atoms with E-state index in [0.29, 0.717) is 41.3 Å². The molecule has 0 bridgehead atoms. The van der Waals surface area contributed by atoms with E-state index < -0.39 is 0 Å². The number of ether oxygens (including phenoxy) is 2.